The number of nitrogens with one attached hydrogen (secondary N) is 1. The van der Waals surface area contributed by atoms with Crippen molar-refractivity contribution in [2.75, 3.05) is 26.2 Å². The van der Waals surface area contributed by atoms with Gasteiger partial charge in [0.1, 0.15) is 5.76 Å². The number of β-amino-alcohol motifs (C(OH)–C–C–N with tert-alkyl or cyclic N) is 1. The van der Waals surface area contributed by atoms with E-state index >= 15 is 0 Å². The fourth-order valence-electron chi connectivity index (χ4n) is 2.54. The second kappa shape index (κ2) is 7.38. The number of amides is 1. The Morgan fingerprint density at radius 1 is 1.52 bits per heavy atom. The first kappa shape index (κ1) is 15.7. The minimum Gasteiger partial charge on any atom is -0.456 e. The highest BCUT2D eigenvalue weighted by molar-refractivity contribution is 5.91. The van der Waals surface area contributed by atoms with E-state index in [0.29, 0.717) is 18.8 Å². The molecule has 6 nitrogen and oxygen atoms in total. The third-order valence-electron chi connectivity index (χ3n) is 3.53. The number of piperidine rings is 1. The molecule has 1 fully saturated rings. The summed E-state index contributed by atoms with van der Waals surface area (Å²) >= 11 is 0. The zero-order valence-electron chi connectivity index (χ0n) is 12.3. The second-order valence-electron chi connectivity index (χ2n) is 5.47. The maximum Gasteiger partial charge on any atom is 0.287 e. The summed E-state index contributed by atoms with van der Waals surface area (Å²) in [5.41, 5.74) is -0.230. The Hall–Kier alpha value is -1.66. The van der Waals surface area contributed by atoms with Crippen LogP contribution in [0.25, 0.3) is 0 Å². The van der Waals surface area contributed by atoms with Crippen molar-refractivity contribution in [2.24, 2.45) is 0 Å². The molecular formula is C15H22N2O4. The van der Waals surface area contributed by atoms with Crippen LogP contribution in [0.4, 0.5) is 0 Å². The van der Waals surface area contributed by atoms with E-state index in [1.54, 1.807) is 6.92 Å². The number of carbonyl (C=O) groups excluding carboxylic acids is 1. The van der Waals surface area contributed by atoms with Gasteiger partial charge in [-0.05, 0) is 39.3 Å². The van der Waals surface area contributed by atoms with Gasteiger partial charge in [0, 0.05) is 25.2 Å². The van der Waals surface area contributed by atoms with Crippen molar-refractivity contribution < 1.29 is 14.3 Å². The van der Waals surface area contributed by atoms with E-state index in [-0.39, 0.29) is 23.2 Å². The Bertz CT molecular complexity index is 541. The van der Waals surface area contributed by atoms with Gasteiger partial charge >= 0.3 is 0 Å². The van der Waals surface area contributed by atoms with Crippen molar-refractivity contribution in [2.45, 2.75) is 32.3 Å². The Balaban J connectivity index is 1.73. The summed E-state index contributed by atoms with van der Waals surface area (Å²) in [6, 6.07) is 2.54. The number of hydrogen-bond donors (Lipinski definition) is 2. The molecule has 0 aliphatic carbocycles. The van der Waals surface area contributed by atoms with Crippen molar-refractivity contribution in [3.05, 3.63) is 33.9 Å². The monoisotopic (exact) mass is 294 g/mol. The molecule has 0 saturated carbocycles. The van der Waals surface area contributed by atoms with Crippen molar-refractivity contribution >= 4 is 5.91 Å². The summed E-state index contributed by atoms with van der Waals surface area (Å²) in [5, 5.41) is 12.3. The molecule has 1 aromatic heterocycles. The molecule has 1 aliphatic heterocycles. The van der Waals surface area contributed by atoms with Gasteiger partial charge in [-0.3, -0.25) is 9.59 Å². The molecule has 1 aliphatic rings. The molecule has 0 radical (unpaired) electrons. The van der Waals surface area contributed by atoms with Gasteiger partial charge in [-0.1, -0.05) is 0 Å². The largest absolute Gasteiger partial charge is 0.456 e. The molecule has 21 heavy (non-hydrogen) atoms. The van der Waals surface area contributed by atoms with E-state index in [2.05, 4.69) is 10.2 Å². The van der Waals surface area contributed by atoms with Gasteiger partial charge in [0.25, 0.3) is 5.91 Å². The molecular weight excluding hydrogens is 272 g/mol. The standard InChI is InChI=1S/C15H22N2O4/c1-11-8-13(19)9-14(21-11)15(20)16-5-3-7-17-6-2-4-12(18)10-17/h8-9,12,18H,2-7,10H2,1H3,(H,16,20)/t12-/m1/s1. The lowest BCUT2D eigenvalue weighted by Crippen LogP contribution is -2.39. The lowest BCUT2D eigenvalue weighted by molar-refractivity contribution is 0.0696. The van der Waals surface area contributed by atoms with Crippen LogP contribution in [0.3, 0.4) is 0 Å². The summed E-state index contributed by atoms with van der Waals surface area (Å²) in [4.78, 5) is 25.4. The lowest BCUT2D eigenvalue weighted by atomic mass is 10.1. The van der Waals surface area contributed by atoms with Gasteiger partial charge < -0.3 is 19.7 Å². The minimum absolute atomic E-state index is 0.0494. The van der Waals surface area contributed by atoms with E-state index in [9.17, 15) is 14.7 Å². The maximum atomic E-state index is 11.9. The summed E-state index contributed by atoms with van der Waals surface area (Å²) < 4.78 is 5.23. The highest BCUT2D eigenvalue weighted by Gasteiger charge is 2.17. The van der Waals surface area contributed by atoms with E-state index in [4.69, 9.17) is 4.42 Å². The molecule has 1 atom stereocenters. The van der Waals surface area contributed by atoms with Gasteiger partial charge in [-0.2, -0.15) is 0 Å². The van der Waals surface area contributed by atoms with Crippen LogP contribution in [0.15, 0.2) is 21.3 Å². The molecule has 0 spiro atoms. The molecule has 1 amide bonds. The van der Waals surface area contributed by atoms with Crippen LogP contribution < -0.4 is 10.7 Å². The zero-order valence-corrected chi connectivity index (χ0v) is 12.3. The lowest BCUT2D eigenvalue weighted by Gasteiger charge is -2.29. The highest BCUT2D eigenvalue weighted by atomic mass is 16.3. The second-order valence-corrected chi connectivity index (χ2v) is 5.47. The summed E-state index contributed by atoms with van der Waals surface area (Å²) in [6.07, 6.45) is 2.46. The molecule has 1 saturated heterocycles. The van der Waals surface area contributed by atoms with E-state index in [1.807, 2.05) is 0 Å². The topological polar surface area (TPSA) is 82.8 Å². The molecule has 2 rings (SSSR count). The van der Waals surface area contributed by atoms with Crippen molar-refractivity contribution in [1.82, 2.24) is 10.2 Å². The summed E-state index contributed by atoms with van der Waals surface area (Å²) in [5.74, 6) is 0.109. The number of aliphatic hydroxyl groups is 1. The Morgan fingerprint density at radius 3 is 3.05 bits per heavy atom. The molecule has 2 heterocycles. The number of carbonyl (C=O) groups is 1. The average Bonchev–Trinajstić information content (AvgIpc) is 2.42. The van der Waals surface area contributed by atoms with Crippen LogP contribution in [0.2, 0.25) is 0 Å². The molecule has 1 aromatic rings. The number of hydrogen-bond acceptors (Lipinski definition) is 5. The van der Waals surface area contributed by atoms with Gasteiger partial charge in [0.2, 0.25) is 0 Å². The third kappa shape index (κ3) is 4.99. The summed E-state index contributed by atoms with van der Waals surface area (Å²) in [6.45, 7) is 4.70. The van der Waals surface area contributed by atoms with E-state index in [1.165, 1.54) is 12.1 Å². The van der Waals surface area contributed by atoms with Gasteiger partial charge in [0.05, 0.1) is 6.10 Å². The van der Waals surface area contributed by atoms with Gasteiger partial charge in [-0.25, -0.2) is 0 Å². The molecule has 6 heteroatoms. The number of rotatable bonds is 5. The minimum atomic E-state index is -0.366. The van der Waals surface area contributed by atoms with Gasteiger partial charge in [0.15, 0.2) is 11.2 Å². The Morgan fingerprint density at radius 2 is 2.33 bits per heavy atom. The van der Waals surface area contributed by atoms with Crippen LogP contribution in [0, 0.1) is 6.92 Å². The Labute approximate surface area is 123 Å². The first-order chi connectivity index (χ1) is 10.0. The summed E-state index contributed by atoms with van der Waals surface area (Å²) in [7, 11) is 0. The van der Waals surface area contributed by atoms with Crippen LogP contribution in [0.1, 0.15) is 35.6 Å². The van der Waals surface area contributed by atoms with Gasteiger partial charge in [-0.15, -0.1) is 0 Å². The van der Waals surface area contributed by atoms with E-state index < -0.39 is 0 Å². The third-order valence-corrected chi connectivity index (χ3v) is 3.53. The molecule has 0 unspecified atom stereocenters. The van der Waals surface area contributed by atoms with Crippen LogP contribution in [-0.4, -0.2) is 48.2 Å². The molecule has 116 valence electrons. The Kier molecular flexibility index (Phi) is 5.52. The molecule has 0 bridgehead atoms. The smallest absolute Gasteiger partial charge is 0.287 e. The predicted molar refractivity (Wildman–Crippen MR) is 78.3 cm³/mol. The highest BCUT2D eigenvalue weighted by Crippen LogP contribution is 2.09. The molecule has 2 N–H and O–H groups in total. The van der Waals surface area contributed by atoms with Crippen molar-refractivity contribution in [3.63, 3.8) is 0 Å². The van der Waals surface area contributed by atoms with E-state index in [0.717, 1.165) is 32.4 Å². The molecule has 0 aromatic carbocycles. The number of aryl methyl sites for hydroxylation is 1. The van der Waals surface area contributed by atoms with Crippen molar-refractivity contribution in [3.8, 4) is 0 Å². The average molecular weight is 294 g/mol. The number of likely N-dealkylation sites (tertiary alicyclic amines) is 1. The zero-order chi connectivity index (χ0) is 15.2. The number of aliphatic hydroxyl groups excluding tert-OH is 1. The fourth-order valence-corrected chi connectivity index (χ4v) is 2.54. The van der Waals surface area contributed by atoms with Crippen LogP contribution in [0.5, 0.6) is 0 Å². The quantitative estimate of drug-likeness (QED) is 0.774. The van der Waals surface area contributed by atoms with Crippen LogP contribution in [-0.2, 0) is 0 Å². The number of nitrogens with zero attached hydrogens (tertiary/aromatic N) is 1. The predicted octanol–water partition coefficient (Wildman–Crippen LogP) is 0.525. The van der Waals surface area contributed by atoms with Crippen LogP contribution >= 0.6 is 0 Å². The fraction of sp³-hybridized carbons (Fsp3) is 0.600. The normalized spacial score (nSPS) is 19.4. The first-order valence-corrected chi connectivity index (χ1v) is 7.35. The SMILES string of the molecule is Cc1cc(=O)cc(C(=O)NCCCN2CCC[C@@H](O)C2)o1. The van der Waals surface area contributed by atoms with Crippen molar-refractivity contribution in [1.29, 1.82) is 0 Å². The maximum absolute atomic E-state index is 11.9. The first-order valence-electron chi connectivity index (χ1n) is 7.35.